The predicted molar refractivity (Wildman–Crippen MR) is 138 cm³/mol. The molecule has 0 radical (unpaired) electrons. The molecule has 0 heterocycles. The summed E-state index contributed by atoms with van der Waals surface area (Å²) in [6, 6.07) is 20.4. The first kappa shape index (κ1) is 23.5. The van der Waals surface area contributed by atoms with Crippen molar-refractivity contribution in [1.29, 1.82) is 0 Å². The Morgan fingerprint density at radius 2 is 1.80 bits per heavy atom. The molecule has 1 fully saturated rings. The zero-order valence-corrected chi connectivity index (χ0v) is 20.3. The SMILES string of the molecule is CCc1ccc2c(c1)C(CCNC(=O)c1cccc(-c3cccc(C(C)(F)F)c3)c1)=CCC1CC21. The first-order valence-electron chi connectivity index (χ1n) is 12.5. The van der Waals surface area contributed by atoms with Crippen molar-refractivity contribution in [2.45, 2.75) is 51.4 Å². The summed E-state index contributed by atoms with van der Waals surface area (Å²) in [5.41, 5.74) is 7.41. The van der Waals surface area contributed by atoms with Crippen LogP contribution in [0.4, 0.5) is 8.78 Å². The summed E-state index contributed by atoms with van der Waals surface area (Å²) in [7, 11) is 0. The highest BCUT2D eigenvalue weighted by Gasteiger charge is 2.40. The van der Waals surface area contributed by atoms with Crippen LogP contribution in [-0.4, -0.2) is 12.5 Å². The van der Waals surface area contributed by atoms with Gasteiger partial charge in [-0.25, -0.2) is 8.78 Å². The molecular weight excluding hydrogens is 440 g/mol. The molecule has 180 valence electrons. The number of fused-ring (bicyclic) bond motifs is 3. The van der Waals surface area contributed by atoms with Crippen molar-refractivity contribution in [1.82, 2.24) is 5.32 Å². The number of halogens is 2. The molecule has 2 nitrogen and oxygen atoms in total. The maximum Gasteiger partial charge on any atom is 0.270 e. The number of rotatable bonds is 7. The maximum atomic E-state index is 13.8. The number of allylic oxidation sites excluding steroid dienone is 1. The molecule has 2 unspecified atom stereocenters. The van der Waals surface area contributed by atoms with Gasteiger partial charge in [0.1, 0.15) is 0 Å². The molecule has 2 aliphatic carbocycles. The van der Waals surface area contributed by atoms with E-state index in [0.29, 0.717) is 23.6 Å². The van der Waals surface area contributed by atoms with E-state index in [4.69, 9.17) is 0 Å². The van der Waals surface area contributed by atoms with Gasteiger partial charge in [-0.2, -0.15) is 0 Å². The molecule has 3 aromatic rings. The van der Waals surface area contributed by atoms with Crippen molar-refractivity contribution < 1.29 is 13.6 Å². The van der Waals surface area contributed by atoms with Gasteiger partial charge in [0.25, 0.3) is 11.8 Å². The van der Waals surface area contributed by atoms with Crippen LogP contribution < -0.4 is 5.32 Å². The molecule has 0 bridgehead atoms. The third-order valence-corrected chi connectivity index (χ3v) is 7.37. The Labute approximate surface area is 206 Å². The second-order valence-corrected chi connectivity index (χ2v) is 9.90. The Bertz CT molecular complexity index is 1290. The lowest BCUT2D eigenvalue weighted by Crippen LogP contribution is -2.24. The fourth-order valence-electron chi connectivity index (χ4n) is 5.18. The Balaban J connectivity index is 1.28. The average Bonchev–Trinajstić information content (AvgIpc) is 3.65. The van der Waals surface area contributed by atoms with Crippen LogP contribution in [-0.2, 0) is 12.3 Å². The van der Waals surface area contributed by atoms with Crippen LogP contribution in [0.3, 0.4) is 0 Å². The number of hydrogen-bond donors (Lipinski definition) is 1. The molecule has 0 aromatic heterocycles. The highest BCUT2D eigenvalue weighted by Crippen LogP contribution is 2.54. The standard InChI is InChI=1S/C31H31F2NO/c1-3-20-10-13-27-28(16-20)21(11-12-24-19-29(24)27)14-15-34-30(35)25-8-4-6-22(17-25)23-7-5-9-26(18-23)31(2,32)33/h4-11,13,16-18,24,29H,3,12,14-15,19H2,1-2H3,(H,34,35). The van der Waals surface area contributed by atoms with Crippen molar-refractivity contribution in [3.05, 3.63) is 101 Å². The van der Waals surface area contributed by atoms with E-state index in [9.17, 15) is 13.6 Å². The monoisotopic (exact) mass is 471 g/mol. The van der Waals surface area contributed by atoms with Crippen LogP contribution in [0.1, 0.15) is 71.6 Å². The lowest BCUT2D eigenvalue weighted by atomic mass is 9.93. The molecule has 1 amide bonds. The number of alkyl halides is 2. The molecule has 0 saturated heterocycles. The van der Waals surface area contributed by atoms with Gasteiger partial charge in [0, 0.05) is 24.6 Å². The number of carbonyl (C=O) groups excluding carboxylic acids is 1. The summed E-state index contributed by atoms with van der Waals surface area (Å²) in [5, 5.41) is 3.06. The number of aryl methyl sites for hydroxylation is 1. The third kappa shape index (κ3) is 5.07. The Kier molecular flexibility index (Phi) is 6.31. The van der Waals surface area contributed by atoms with Crippen LogP contribution in [0.25, 0.3) is 16.7 Å². The number of hydrogen-bond acceptors (Lipinski definition) is 1. The topological polar surface area (TPSA) is 29.1 Å². The van der Waals surface area contributed by atoms with Gasteiger partial charge in [-0.15, -0.1) is 0 Å². The quantitative estimate of drug-likeness (QED) is 0.375. The van der Waals surface area contributed by atoms with Gasteiger partial charge in [0.15, 0.2) is 0 Å². The summed E-state index contributed by atoms with van der Waals surface area (Å²) in [5.74, 6) is -1.60. The van der Waals surface area contributed by atoms with Crippen LogP contribution >= 0.6 is 0 Å². The van der Waals surface area contributed by atoms with Gasteiger partial charge in [0.05, 0.1) is 0 Å². The van der Waals surface area contributed by atoms with E-state index in [1.54, 1.807) is 30.3 Å². The number of benzene rings is 3. The summed E-state index contributed by atoms with van der Waals surface area (Å²) in [6.07, 6.45) is 6.58. The van der Waals surface area contributed by atoms with Crippen LogP contribution in [0.15, 0.2) is 72.8 Å². The summed E-state index contributed by atoms with van der Waals surface area (Å²) in [4.78, 5) is 12.9. The summed E-state index contributed by atoms with van der Waals surface area (Å²) in [6.45, 7) is 3.63. The normalized spacial score (nSPS) is 18.7. The minimum atomic E-state index is -2.91. The van der Waals surface area contributed by atoms with Crippen molar-refractivity contribution in [3.63, 3.8) is 0 Å². The third-order valence-electron chi connectivity index (χ3n) is 7.37. The Hall–Kier alpha value is -3.27. The van der Waals surface area contributed by atoms with E-state index in [-0.39, 0.29) is 11.5 Å². The first-order valence-corrected chi connectivity index (χ1v) is 12.5. The predicted octanol–water partition coefficient (Wildman–Crippen LogP) is 7.74. The second-order valence-electron chi connectivity index (χ2n) is 9.90. The molecule has 1 saturated carbocycles. The molecule has 4 heteroatoms. The van der Waals surface area contributed by atoms with E-state index in [1.165, 1.54) is 40.8 Å². The largest absolute Gasteiger partial charge is 0.352 e. The molecule has 2 aliphatic rings. The minimum absolute atomic E-state index is 0.0364. The zero-order valence-electron chi connectivity index (χ0n) is 20.3. The van der Waals surface area contributed by atoms with Gasteiger partial charge < -0.3 is 5.32 Å². The Morgan fingerprint density at radius 1 is 1.03 bits per heavy atom. The minimum Gasteiger partial charge on any atom is -0.352 e. The maximum absolute atomic E-state index is 13.8. The fourth-order valence-corrected chi connectivity index (χ4v) is 5.18. The number of carbonyl (C=O) groups is 1. The van der Waals surface area contributed by atoms with Crippen LogP contribution in [0.2, 0.25) is 0 Å². The van der Waals surface area contributed by atoms with E-state index in [1.807, 2.05) is 6.07 Å². The van der Waals surface area contributed by atoms with Gasteiger partial charge in [-0.05, 0) is 89.1 Å². The van der Waals surface area contributed by atoms with Crippen LogP contribution in [0.5, 0.6) is 0 Å². The van der Waals surface area contributed by atoms with E-state index >= 15 is 0 Å². The zero-order chi connectivity index (χ0) is 24.6. The van der Waals surface area contributed by atoms with E-state index < -0.39 is 5.92 Å². The van der Waals surface area contributed by atoms with Crippen LogP contribution in [0, 0.1) is 5.92 Å². The molecule has 5 rings (SSSR count). The van der Waals surface area contributed by atoms with E-state index in [2.05, 4.69) is 36.5 Å². The Morgan fingerprint density at radius 3 is 2.57 bits per heavy atom. The van der Waals surface area contributed by atoms with Crippen molar-refractivity contribution in [2.24, 2.45) is 5.92 Å². The van der Waals surface area contributed by atoms with Gasteiger partial charge in [-0.1, -0.05) is 61.5 Å². The van der Waals surface area contributed by atoms with Crippen molar-refractivity contribution in [2.75, 3.05) is 6.54 Å². The summed E-state index contributed by atoms with van der Waals surface area (Å²) < 4.78 is 27.5. The average molecular weight is 472 g/mol. The van der Waals surface area contributed by atoms with Gasteiger partial charge in [-0.3, -0.25) is 4.79 Å². The molecule has 0 spiro atoms. The second kappa shape index (κ2) is 9.41. The van der Waals surface area contributed by atoms with E-state index in [0.717, 1.165) is 37.7 Å². The van der Waals surface area contributed by atoms with Crippen molar-refractivity contribution >= 4 is 11.5 Å². The highest BCUT2D eigenvalue weighted by atomic mass is 19.3. The fraction of sp³-hybridized carbons (Fsp3) is 0.323. The van der Waals surface area contributed by atoms with Gasteiger partial charge >= 0.3 is 0 Å². The van der Waals surface area contributed by atoms with Gasteiger partial charge in [0.2, 0.25) is 0 Å². The molecule has 1 N–H and O–H groups in total. The highest BCUT2D eigenvalue weighted by molar-refractivity contribution is 5.95. The van der Waals surface area contributed by atoms with Crippen molar-refractivity contribution in [3.8, 4) is 11.1 Å². The lowest BCUT2D eigenvalue weighted by molar-refractivity contribution is 0.0175. The lowest BCUT2D eigenvalue weighted by Gasteiger charge is -2.15. The molecule has 2 atom stereocenters. The molecule has 0 aliphatic heterocycles. The molecular formula is C31H31F2NO. The summed E-state index contributed by atoms with van der Waals surface area (Å²) >= 11 is 0. The number of nitrogens with one attached hydrogen (secondary N) is 1. The molecule has 3 aromatic carbocycles. The smallest absolute Gasteiger partial charge is 0.270 e. The first-order chi connectivity index (χ1) is 16.8. The number of amides is 1. The molecule has 35 heavy (non-hydrogen) atoms.